The Balaban J connectivity index is 2.05. The number of halogens is 1. The molecule has 0 aliphatic carbocycles. The minimum Gasteiger partial charge on any atom is -0.439 e. The van der Waals surface area contributed by atoms with E-state index in [9.17, 15) is 0 Å². The third kappa shape index (κ3) is 1.94. The highest BCUT2D eigenvalue weighted by molar-refractivity contribution is 6.31. The van der Waals surface area contributed by atoms with E-state index in [0.29, 0.717) is 5.02 Å². The molecule has 3 rings (SSSR count). The van der Waals surface area contributed by atoms with Crippen LogP contribution in [-0.4, -0.2) is 11.5 Å². The highest BCUT2D eigenvalue weighted by atomic mass is 35.5. The van der Waals surface area contributed by atoms with Crippen LogP contribution in [0.1, 0.15) is 32.1 Å². The summed E-state index contributed by atoms with van der Waals surface area (Å²) in [6.07, 6.45) is 3.50. The summed E-state index contributed by atoms with van der Waals surface area (Å²) < 4.78 is 5.83. The molecule has 2 aromatic rings. The normalized spacial score (nSPS) is 25.3. The zero-order valence-corrected chi connectivity index (χ0v) is 10.5. The maximum atomic E-state index is 5.95. The summed E-state index contributed by atoms with van der Waals surface area (Å²) in [7, 11) is 0. The molecule has 1 saturated heterocycles. The number of rotatable bonds is 1. The van der Waals surface area contributed by atoms with Crippen LogP contribution in [-0.2, 0) is 5.54 Å². The van der Waals surface area contributed by atoms with Crippen LogP contribution in [0.4, 0.5) is 0 Å². The first kappa shape index (κ1) is 11.1. The van der Waals surface area contributed by atoms with Crippen LogP contribution in [0.5, 0.6) is 0 Å². The average molecular weight is 251 g/mol. The lowest BCUT2D eigenvalue weighted by atomic mass is 9.91. The van der Waals surface area contributed by atoms with Crippen molar-refractivity contribution in [2.75, 3.05) is 6.54 Å². The van der Waals surface area contributed by atoms with Gasteiger partial charge in [-0.1, -0.05) is 11.6 Å². The molecule has 0 radical (unpaired) electrons. The second-order valence-corrected chi connectivity index (χ2v) is 5.28. The number of nitrogens with zero attached hydrogens (tertiary/aromatic N) is 1. The van der Waals surface area contributed by atoms with E-state index in [1.807, 2.05) is 18.2 Å². The molecule has 0 amide bonds. The monoisotopic (exact) mass is 250 g/mol. The van der Waals surface area contributed by atoms with E-state index < -0.39 is 0 Å². The Hall–Kier alpha value is -1.06. The van der Waals surface area contributed by atoms with Crippen LogP contribution < -0.4 is 5.32 Å². The van der Waals surface area contributed by atoms with Gasteiger partial charge in [-0.05, 0) is 50.9 Å². The molecule has 1 aliphatic heterocycles. The Kier molecular flexibility index (Phi) is 2.60. The van der Waals surface area contributed by atoms with Crippen molar-refractivity contribution >= 4 is 22.7 Å². The van der Waals surface area contributed by atoms with Gasteiger partial charge >= 0.3 is 0 Å². The molecule has 0 spiro atoms. The van der Waals surface area contributed by atoms with Gasteiger partial charge in [0.25, 0.3) is 0 Å². The summed E-state index contributed by atoms with van der Waals surface area (Å²) >= 11 is 5.95. The topological polar surface area (TPSA) is 38.1 Å². The van der Waals surface area contributed by atoms with E-state index in [1.165, 1.54) is 12.8 Å². The summed E-state index contributed by atoms with van der Waals surface area (Å²) in [6.45, 7) is 3.18. The zero-order valence-electron chi connectivity index (χ0n) is 9.79. The molecule has 1 aromatic heterocycles. The van der Waals surface area contributed by atoms with E-state index in [1.54, 1.807) is 0 Å². The standard InChI is InChI=1S/C13H15ClN2O/c1-13(6-2-3-7-15-13)12-16-10-8-9(14)4-5-11(10)17-12/h4-5,8,15H,2-3,6-7H2,1H3. The molecule has 1 aromatic carbocycles. The summed E-state index contributed by atoms with van der Waals surface area (Å²) in [5.41, 5.74) is 1.50. The predicted molar refractivity (Wildman–Crippen MR) is 68.2 cm³/mol. The maximum absolute atomic E-state index is 5.95. The first-order valence-electron chi connectivity index (χ1n) is 5.99. The van der Waals surface area contributed by atoms with Crippen LogP contribution in [0.25, 0.3) is 11.1 Å². The number of benzene rings is 1. The lowest BCUT2D eigenvalue weighted by Gasteiger charge is -2.31. The summed E-state index contributed by atoms with van der Waals surface area (Å²) in [4.78, 5) is 4.56. The lowest BCUT2D eigenvalue weighted by molar-refractivity contribution is 0.232. The van der Waals surface area contributed by atoms with E-state index in [0.717, 1.165) is 30.0 Å². The van der Waals surface area contributed by atoms with Crippen molar-refractivity contribution in [3.05, 3.63) is 29.1 Å². The van der Waals surface area contributed by atoms with Crippen molar-refractivity contribution in [2.24, 2.45) is 0 Å². The van der Waals surface area contributed by atoms with Crippen LogP contribution >= 0.6 is 11.6 Å². The highest BCUT2D eigenvalue weighted by Crippen LogP contribution is 2.32. The maximum Gasteiger partial charge on any atom is 0.215 e. The zero-order chi connectivity index (χ0) is 11.9. The van der Waals surface area contributed by atoms with Gasteiger partial charge in [-0.3, -0.25) is 0 Å². The molecule has 1 fully saturated rings. The van der Waals surface area contributed by atoms with Gasteiger partial charge < -0.3 is 9.73 Å². The molecule has 1 aliphatic rings. The molecule has 17 heavy (non-hydrogen) atoms. The molecule has 0 saturated carbocycles. The molecule has 0 bridgehead atoms. The second-order valence-electron chi connectivity index (χ2n) is 4.85. The Morgan fingerprint density at radius 1 is 1.41 bits per heavy atom. The van der Waals surface area contributed by atoms with E-state index in [4.69, 9.17) is 16.0 Å². The highest BCUT2D eigenvalue weighted by Gasteiger charge is 2.33. The molecule has 2 heterocycles. The van der Waals surface area contributed by atoms with Crippen LogP contribution in [0.2, 0.25) is 5.02 Å². The molecule has 90 valence electrons. The van der Waals surface area contributed by atoms with Gasteiger partial charge in [0, 0.05) is 5.02 Å². The quantitative estimate of drug-likeness (QED) is 0.842. The minimum atomic E-state index is -0.135. The second kappa shape index (κ2) is 4.00. The predicted octanol–water partition coefficient (Wildman–Crippen LogP) is 3.47. The van der Waals surface area contributed by atoms with Crippen molar-refractivity contribution in [1.29, 1.82) is 0 Å². The Morgan fingerprint density at radius 2 is 2.29 bits per heavy atom. The number of hydrogen-bond acceptors (Lipinski definition) is 3. The fourth-order valence-electron chi connectivity index (χ4n) is 2.38. The number of piperidine rings is 1. The molecule has 4 heteroatoms. The number of fused-ring (bicyclic) bond motifs is 1. The van der Waals surface area contributed by atoms with Gasteiger partial charge in [0.1, 0.15) is 5.52 Å². The molecule has 1 N–H and O–H groups in total. The van der Waals surface area contributed by atoms with Crippen LogP contribution in [0, 0.1) is 0 Å². The number of hydrogen-bond donors (Lipinski definition) is 1. The van der Waals surface area contributed by atoms with Gasteiger partial charge in [-0.25, -0.2) is 4.98 Å². The lowest BCUT2D eigenvalue weighted by Crippen LogP contribution is -2.43. The van der Waals surface area contributed by atoms with Gasteiger partial charge in [0.05, 0.1) is 5.54 Å². The van der Waals surface area contributed by atoms with Crippen molar-refractivity contribution in [1.82, 2.24) is 10.3 Å². The van der Waals surface area contributed by atoms with Gasteiger partial charge in [-0.2, -0.15) is 0 Å². The largest absolute Gasteiger partial charge is 0.439 e. The van der Waals surface area contributed by atoms with Crippen molar-refractivity contribution in [3.63, 3.8) is 0 Å². The average Bonchev–Trinajstić information content (AvgIpc) is 2.73. The summed E-state index contributed by atoms with van der Waals surface area (Å²) in [6, 6.07) is 5.55. The fraction of sp³-hybridized carbons (Fsp3) is 0.462. The third-order valence-corrected chi connectivity index (χ3v) is 3.68. The van der Waals surface area contributed by atoms with Gasteiger partial charge in [0.15, 0.2) is 5.58 Å². The number of aromatic nitrogens is 1. The van der Waals surface area contributed by atoms with Crippen molar-refractivity contribution < 1.29 is 4.42 Å². The third-order valence-electron chi connectivity index (χ3n) is 3.44. The van der Waals surface area contributed by atoms with Gasteiger partial charge in [0.2, 0.25) is 5.89 Å². The first-order valence-corrected chi connectivity index (χ1v) is 6.37. The van der Waals surface area contributed by atoms with Crippen LogP contribution in [0.3, 0.4) is 0 Å². The van der Waals surface area contributed by atoms with Crippen molar-refractivity contribution in [2.45, 2.75) is 31.7 Å². The smallest absolute Gasteiger partial charge is 0.215 e. The Labute approximate surface area is 105 Å². The summed E-state index contributed by atoms with van der Waals surface area (Å²) in [5, 5.41) is 4.19. The molecular formula is C13H15ClN2O. The van der Waals surface area contributed by atoms with E-state index in [2.05, 4.69) is 17.2 Å². The number of nitrogens with one attached hydrogen (secondary N) is 1. The van der Waals surface area contributed by atoms with Gasteiger partial charge in [-0.15, -0.1) is 0 Å². The fourth-order valence-corrected chi connectivity index (χ4v) is 2.54. The summed E-state index contributed by atoms with van der Waals surface area (Å²) in [5.74, 6) is 0.773. The Bertz CT molecular complexity index is 543. The SMILES string of the molecule is CC1(c2nc3cc(Cl)ccc3o2)CCCCN1. The van der Waals surface area contributed by atoms with Crippen molar-refractivity contribution in [3.8, 4) is 0 Å². The van der Waals surface area contributed by atoms with Crippen LogP contribution in [0.15, 0.2) is 22.6 Å². The molecule has 1 unspecified atom stereocenters. The molecule has 3 nitrogen and oxygen atoms in total. The molecular weight excluding hydrogens is 236 g/mol. The Morgan fingerprint density at radius 3 is 3.06 bits per heavy atom. The van der Waals surface area contributed by atoms with E-state index >= 15 is 0 Å². The minimum absolute atomic E-state index is 0.135. The first-order chi connectivity index (χ1) is 8.17. The van der Waals surface area contributed by atoms with E-state index in [-0.39, 0.29) is 5.54 Å². The molecule has 1 atom stereocenters. The number of oxazole rings is 1.